The van der Waals surface area contributed by atoms with Crippen LogP contribution >= 0.6 is 0 Å². The Labute approximate surface area is 114 Å². The molecule has 5 nitrogen and oxygen atoms in total. The number of rotatable bonds is 5. The van der Waals surface area contributed by atoms with Crippen LogP contribution in [0.5, 0.6) is 0 Å². The van der Waals surface area contributed by atoms with E-state index in [-0.39, 0.29) is 6.04 Å². The van der Waals surface area contributed by atoms with Crippen molar-refractivity contribution in [2.24, 2.45) is 0 Å². The van der Waals surface area contributed by atoms with Gasteiger partial charge in [-0.2, -0.15) is 0 Å². The molecule has 0 heterocycles. The van der Waals surface area contributed by atoms with E-state index in [0.29, 0.717) is 5.69 Å². The molecule has 106 valence electrons. The van der Waals surface area contributed by atoms with Crippen molar-refractivity contribution in [2.75, 3.05) is 18.6 Å². The predicted molar refractivity (Wildman–Crippen MR) is 76.9 cm³/mol. The van der Waals surface area contributed by atoms with Gasteiger partial charge in [0.2, 0.25) is 5.91 Å². The monoisotopic (exact) mass is 284 g/mol. The number of hydrogen-bond acceptors (Lipinski definition) is 4. The van der Waals surface area contributed by atoms with Gasteiger partial charge in [0.05, 0.1) is 0 Å². The van der Waals surface area contributed by atoms with Crippen molar-refractivity contribution in [1.82, 2.24) is 5.32 Å². The maximum Gasteiger partial charge on any atom is 0.242 e. The number of benzene rings is 1. The highest BCUT2D eigenvalue weighted by atomic mass is 32.2. The van der Waals surface area contributed by atoms with Gasteiger partial charge in [-0.1, -0.05) is 12.1 Å². The molecular weight excluding hydrogens is 264 g/mol. The second kappa shape index (κ2) is 6.16. The molecule has 0 aromatic heterocycles. The van der Waals surface area contributed by atoms with Crippen molar-refractivity contribution in [2.45, 2.75) is 25.1 Å². The van der Waals surface area contributed by atoms with Crippen LogP contribution in [0.15, 0.2) is 24.3 Å². The Morgan fingerprint density at radius 2 is 1.89 bits per heavy atom. The summed E-state index contributed by atoms with van der Waals surface area (Å²) < 4.78 is 22.6. The molecule has 6 heteroatoms. The second-order valence-electron chi connectivity index (χ2n) is 4.60. The van der Waals surface area contributed by atoms with Gasteiger partial charge in [0.25, 0.3) is 0 Å². The first-order chi connectivity index (χ1) is 8.75. The summed E-state index contributed by atoms with van der Waals surface area (Å²) in [5, 5.41) is 4.66. The average Bonchev–Trinajstić information content (AvgIpc) is 2.36. The summed E-state index contributed by atoms with van der Waals surface area (Å²) in [4.78, 5) is 11.8. The molecule has 0 bridgehead atoms. The van der Waals surface area contributed by atoms with Crippen LogP contribution in [0.2, 0.25) is 0 Å². The van der Waals surface area contributed by atoms with Gasteiger partial charge >= 0.3 is 0 Å². The van der Waals surface area contributed by atoms with Gasteiger partial charge in [-0.05, 0) is 38.6 Å². The second-order valence-corrected chi connectivity index (χ2v) is 6.96. The van der Waals surface area contributed by atoms with E-state index in [9.17, 15) is 13.2 Å². The lowest BCUT2D eigenvalue weighted by Crippen LogP contribution is -2.31. The molecular formula is C13H20N2O3S. The fourth-order valence-corrected chi connectivity index (χ4v) is 1.94. The highest BCUT2D eigenvalue weighted by Gasteiger charge is 2.23. The largest absolute Gasteiger partial charge is 0.325 e. The van der Waals surface area contributed by atoms with Crippen molar-refractivity contribution in [3.05, 3.63) is 29.8 Å². The van der Waals surface area contributed by atoms with Crippen LogP contribution < -0.4 is 10.6 Å². The first-order valence-corrected chi connectivity index (χ1v) is 7.98. The maximum atomic E-state index is 11.8. The molecule has 0 aliphatic rings. The van der Waals surface area contributed by atoms with Crippen LogP contribution in [0.3, 0.4) is 0 Å². The molecule has 0 saturated heterocycles. The predicted octanol–water partition coefficient (Wildman–Crippen LogP) is 1.34. The molecule has 0 fully saturated rings. The maximum absolute atomic E-state index is 11.8. The molecule has 1 amide bonds. The molecule has 0 spiro atoms. The van der Waals surface area contributed by atoms with Crippen LogP contribution in [-0.4, -0.2) is 32.9 Å². The first-order valence-electron chi connectivity index (χ1n) is 6.02. The summed E-state index contributed by atoms with van der Waals surface area (Å²) in [6.45, 7) is 3.38. The summed E-state index contributed by atoms with van der Waals surface area (Å²) in [5.74, 6) is -0.517. The van der Waals surface area contributed by atoms with Gasteiger partial charge < -0.3 is 10.6 Å². The number of amides is 1. The lowest BCUT2D eigenvalue weighted by atomic mass is 10.1. The number of hydrogen-bond donors (Lipinski definition) is 2. The SMILES string of the molecule is CNC(C)c1cccc(NC(=O)C(C)S(C)(=O)=O)c1. The lowest BCUT2D eigenvalue weighted by molar-refractivity contribution is -0.115. The third-order valence-corrected chi connectivity index (χ3v) is 4.60. The molecule has 1 aromatic carbocycles. The van der Waals surface area contributed by atoms with E-state index in [1.807, 2.05) is 32.2 Å². The number of nitrogens with one attached hydrogen (secondary N) is 2. The molecule has 0 aliphatic carbocycles. The summed E-state index contributed by atoms with van der Waals surface area (Å²) >= 11 is 0. The molecule has 19 heavy (non-hydrogen) atoms. The standard InChI is InChI=1S/C13H20N2O3S/c1-9(14-3)11-6-5-7-12(8-11)15-13(16)10(2)19(4,17)18/h5-10,14H,1-4H3,(H,15,16). The van der Waals surface area contributed by atoms with Crippen molar-refractivity contribution in [1.29, 1.82) is 0 Å². The number of anilines is 1. The van der Waals surface area contributed by atoms with Crippen LogP contribution in [0.4, 0.5) is 5.69 Å². The van der Waals surface area contributed by atoms with Crippen molar-refractivity contribution < 1.29 is 13.2 Å². The fraction of sp³-hybridized carbons (Fsp3) is 0.462. The highest BCUT2D eigenvalue weighted by Crippen LogP contribution is 2.17. The van der Waals surface area contributed by atoms with E-state index >= 15 is 0 Å². The Morgan fingerprint density at radius 3 is 2.42 bits per heavy atom. The van der Waals surface area contributed by atoms with Crippen molar-refractivity contribution in [3.8, 4) is 0 Å². The van der Waals surface area contributed by atoms with E-state index in [1.165, 1.54) is 6.92 Å². The van der Waals surface area contributed by atoms with Gasteiger partial charge in [-0.25, -0.2) is 8.42 Å². The molecule has 1 aromatic rings. The summed E-state index contributed by atoms with van der Waals surface area (Å²) in [7, 11) is -1.53. The minimum absolute atomic E-state index is 0.157. The molecule has 0 radical (unpaired) electrons. The van der Waals surface area contributed by atoms with Crippen molar-refractivity contribution >= 4 is 21.4 Å². The smallest absolute Gasteiger partial charge is 0.242 e. The van der Waals surface area contributed by atoms with Gasteiger partial charge in [0, 0.05) is 18.0 Å². The molecule has 0 aliphatic heterocycles. The summed E-state index contributed by atoms with van der Waals surface area (Å²) in [6, 6.07) is 7.48. The molecule has 1 rings (SSSR count). The Morgan fingerprint density at radius 1 is 1.26 bits per heavy atom. The number of carbonyl (C=O) groups is 1. The number of carbonyl (C=O) groups excluding carboxylic acids is 1. The molecule has 2 N–H and O–H groups in total. The summed E-state index contributed by atoms with van der Waals surface area (Å²) in [6.07, 6.45) is 1.05. The zero-order chi connectivity index (χ0) is 14.6. The zero-order valence-electron chi connectivity index (χ0n) is 11.6. The third kappa shape index (κ3) is 4.33. The average molecular weight is 284 g/mol. The van der Waals surface area contributed by atoms with E-state index < -0.39 is 21.0 Å². The minimum Gasteiger partial charge on any atom is -0.325 e. The number of sulfone groups is 1. The van der Waals surface area contributed by atoms with Crippen LogP contribution in [0, 0.1) is 0 Å². The summed E-state index contributed by atoms with van der Waals surface area (Å²) in [5.41, 5.74) is 1.62. The normalized spacial score (nSPS) is 14.7. The topological polar surface area (TPSA) is 75.3 Å². The molecule has 0 saturated carbocycles. The quantitative estimate of drug-likeness (QED) is 0.855. The van der Waals surface area contributed by atoms with E-state index in [2.05, 4.69) is 10.6 Å². The third-order valence-electron chi connectivity index (χ3n) is 3.10. The van der Waals surface area contributed by atoms with E-state index in [1.54, 1.807) is 6.07 Å². The van der Waals surface area contributed by atoms with Gasteiger partial charge in [0.1, 0.15) is 5.25 Å². The Kier molecular flexibility index (Phi) is 5.08. The fourth-order valence-electron chi connectivity index (χ4n) is 1.49. The van der Waals surface area contributed by atoms with Gasteiger partial charge in [-0.15, -0.1) is 0 Å². The first kappa shape index (κ1) is 15.7. The lowest BCUT2D eigenvalue weighted by Gasteiger charge is -2.14. The van der Waals surface area contributed by atoms with Gasteiger partial charge in [0.15, 0.2) is 9.84 Å². The van der Waals surface area contributed by atoms with Crippen LogP contribution in [0.1, 0.15) is 25.5 Å². The Balaban J connectivity index is 2.86. The van der Waals surface area contributed by atoms with E-state index in [4.69, 9.17) is 0 Å². The molecule has 2 atom stereocenters. The van der Waals surface area contributed by atoms with Crippen LogP contribution in [-0.2, 0) is 14.6 Å². The Bertz CT molecular complexity index is 555. The molecule has 2 unspecified atom stereocenters. The van der Waals surface area contributed by atoms with E-state index in [0.717, 1.165) is 11.8 Å². The van der Waals surface area contributed by atoms with Crippen molar-refractivity contribution in [3.63, 3.8) is 0 Å². The zero-order valence-corrected chi connectivity index (χ0v) is 12.4. The highest BCUT2D eigenvalue weighted by molar-refractivity contribution is 7.92. The van der Waals surface area contributed by atoms with Gasteiger partial charge in [-0.3, -0.25) is 4.79 Å². The minimum atomic E-state index is -3.38. The Hall–Kier alpha value is -1.40. The van der Waals surface area contributed by atoms with Crippen LogP contribution in [0.25, 0.3) is 0 Å².